The normalized spacial score (nSPS) is 12.1. The Morgan fingerprint density at radius 1 is 1.20 bits per heavy atom. The van der Waals surface area contributed by atoms with E-state index >= 15 is 0 Å². The number of hydrogen-bond acceptors (Lipinski definition) is 2. The maximum atomic E-state index is 5.94. The Labute approximate surface area is 97.5 Å². The van der Waals surface area contributed by atoms with Gasteiger partial charge in [0.25, 0.3) is 0 Å². The zero-order valence-corrected chi connectivity index (χ0v) is 9.55. The van der Waals surface area contributed by atoms with Crippen molar-refractivity contribution in [1.29, 1.82) is 0 Å². The number of halogens is 2. The molecule has 0 aliphatic rings. The molecule has 2 rings (SSSR count). The zero-order chi connectivity index (χ0) is 10.8. The lowest BCUT2D eigenvalue weighted by atomic mass is 10.1. The van der Waals surface area contributed by atoms with Crippen molar-refractivity contribution in [2.75, 3.05) is 0 Å². The predicted molar refractivity (Wildman–Crippen MR) is 64.1 cm³/mol. The van der Waals surface area contributed by atoms with Gasteiger partial charge < -0.3 is 0 Å². The predicted octanol–water partition coefficient (Wildman–Crippen LogP) is 3.88. The second kappa shape index (κ2) is 4.17. The van der Waals surface area contributed by atoms with Gasteiger partial charge in [0.15, 0.2) is 5.15 Å². The van der Waals surface area contributed by atoms with Crippen LogP contribution in [0.15, 0.2) is 29.3 Å². The minimum atomic E-state index is 0.412. The van der Waals surface area contributed by atoms with E-state index in [1.165, 1.54) is 0 Å². The number of fused-ring (bicyclic) bond motifs is 1. The van der Waals surface area contributed by atoms with E-state index in [1.54, 1.807) is 13.0 Å². The maximum absolute atomic E-state index is 5.94. The second-order valence-corrected chi connectivity index (χ2v) is 4.11. The number of benzene rings is 1. The van der Waals surface area contributed by atoms with Crippen molar-refractivity contribution in [2.45, 2.75) is 6.92 Å². The van der Waals surface area contributed by atoms with E-state index in [4.69, 9.17) is 23.2 Å². The van der Waals surface area contributed by atoms with Crippen LogP contribution < -0.4 is 0 Å². The highest BCUT2D eigenvalue weighted by atomic mass is 35.5. The van der Waals surface area contributed by atoms with Crippen LogP contribution in [0.2, 0.25) is 5.15 Å². The van der Waals surface area contributed by atoms with E-state index in [9.17, 15) is 0 Å². The second-order valence-electron chi connectivity index (χ2n) is 3.15. The van der Waals surface area contributed by atoms with Gasteiger partial charge in [0.05, 0.1) is 5.69 Å². The SMILES string of the molecule is C/C(Cl)=C\c1nnc(Cl)c2ccccc12. The fraction of sp³-hybridized carbons (Fsp3) is 0.0909. The van der Waals surface area contributed by atoms with E-state index in [-0.39, 0.29) is 0 Å². The molecule has 76 valence electrons. The van der Waals surface area contributed by atoms with Crippen LogP contribution in [0.3, 0.4) is 0 Å². The van der Waals surface area contributed by atoms with Crippen molar-refractivity contribution in [3.05, 3.63) is 40.1 Å². The molecule has 0 amide bonds. The van der Waals surface area contributed by atoms with Gasteiger partial charge in [0.1, 0.15) is 0 Å². The molecule has 0 radical (unpaired) electrons. The van der Waals surface area contributed by atoms with Gasteiger partial charge in [-0.05, 0) is 13.0 Å². The summed E-state index contributed by atoms with van der Waals surface area (Å²) in [6.07, 6.45) is 1.77. The molecular weight excluding hydrogens is 231 g/mol. The molecule has 0 bridgehead atoms. The van der Waals surface area contributed by atoms with Crippen LogP contribution in [0.1, 0.15) is 12.6 Å². The molecule has 2 aromatic rings. The third kappa shape index (κ3) is 2.11. The topological polar surface area (TPSA) is 25.8 Å². The average molecular weight is 239 g/mol. The minimum Gasteiger partial charge on any atom is -0.149 e. The quantitative estimate of drug-likeness (QED) is 0.754. The zero-order valence-electron chi connectivity index (χ0n) is 8.04. The summed E-state index contributed by atoms with van der Waals surface area (Å²) in [5, 5.41) is 10.8. The summed E-state index contributed by atoms with van der Waals surface area (Å²) in [6.45, 7) is 1.80. The first-order chi connectivity index (χ1) is 7.18. The van der Waals surface area contributed by atoms with E-state index < -0.39 is 0 Å². The third-order valence-corrected chi connectivity index (χ3v) is 2.39. The Kier molecular flexibility index (Phi) is 2.89. The summed E-state index contributed by atoms with van der Waals surface area (Å²) in [5.74, 6) is 0. The number of hydrogen-bond donors (Lipinski definition) is 0. The molecule has 0 saturated heterocycles. The summed E-state index contributed by atoms with van der Waals surface area (Å²) in [5.41, 5.74) is 0.738. The molecule has 1 aromatic heterocycles. The van der Waals surface area contributed by atoms with Crippen molar-refractivity contribution < 1.29 is 0 Å². The molecule has 4 heteroatoms. The first-order valence-corrected chi connectivity index (χ1v) is 5.19. The lowest BCUT2D eigenvalue weighted by Crippen LogP contribution is -1.90. The van der Waals surface area contributed by atoms with Crippen molar-refractivity contribution in [3.63, 3.8) is 0 Å². The number of allylic oxidation sites excluding steroid dienone is 1. The summed E-state index contributed by atoms with van der Waals surface area (Å²) in [7, 11) is 0. The molecule has 0 saturated carbocycles. The first kappa shape index (κ1) is 10.4. The molecule has 2 nitrogen and oxygen atoms in total. The Hall–Kier alpha value is -1.12. The number of rotatable bonds is 1. The van der Waals surface area contributed by atoms with E-state index in [0.29, 0.717) is 10.2 Å². The molecule has 0 fully saturated rings. The highest BCUT2D eigenvalue weighted by Crippen LogP contribution is 2.24. The Bertz CT molecular complexity index is 531. The van der Waals surface area contributed by atoms with Crippen molar-refractivity contribution in [1.82, 2.24) is 10.2 Å². The fourth-order valence-corrected chi connectivity index (χ4v) is 1.69. The standard InChI is InChI=1S/C11H8Cl2N2/c1-7(12)6-10-8-4-2-3-5-9(8)11(13)15-14-10/h2-6H,1H3/b7-6+. The van der Waals surface area contributed by atoms with Gasteiger partial charge in [-0.15, -0.1) is 10.2 Å². The highest BCUT2D eigenvalue weighted by Gasteiger charge is 2.04. The summed E-state index contributed by atoms with van der Waals surface area (Å²) < 4.78 is 0. The van der Waals surface area contributed by atoms with Gasteiger partial charge in [-0.3, -0.25) is 0 Å². The number of aromatic nitrogens is 2. The maximum Gasteiger partial charge on any atom is 0.159 e. The molecule has 0 aliphatic carbocycles. The smallest absolute Gasteiger partial charge is 0.149 e. The average Bonchev–Trinajstić information content (AvgIpc) is 2.22. The summed E-state index contributed by atoms with van der Waals surface area (Å²) >= 11 is 11.8. The van der Waals surface area contributed by atoms with Crippen LogP contribution >= 0.6 is 23.2 Å². The molecular formula is C11H8Cl2N2. The largest absolute Gasteiger partial charge is 0.159 e. The lowest BCUT2D eigenvalue weighted by molar-refractivity contribution is 1.04. The summed E-state index contributed by atoms with van der Waals surface area (Å²) in [6, 6.07) is 7.70. The van der Waals surface area contributed by atoms with E-state index in [1.807, 2.05) is 24.3 Å². The molecule has 0 N–H and O–H groups in total. The van der Waals surface area contributed by atoms with Crippen LogP contribution in [-0.2, 0) is 0 Å². The van der Waals surface area contributed by atoms with Crippen molar-refractivity contribution in [3.8, 4) is 0 Å². The lowest BCUT2D eigenvalue weighted by Gasteiger charge is -2.01. The van der Waals surface area contributed by atoms with Crippen molar-refractivity contribution >= 4 is 40.1 Å². The molecule has 0 aliphatic heterocycles. The monoisotopic (exact) mass is 238 g/mol. The molecule has 0 unspecified atom stereocenters. The molecule has 1 heterocycles. The van der Waals surface area contributed by atoms with E-state index in [0.717, 1.165) is 16.5 Å². The molecule has 15 heavy (non-hydrogen) atoms. The van der Waals surface area contributed by atoms with Gasteiger partial charge in [-0.1, -0.05) is 47.5 Å². The van der Waals surface area contributed by atoms with Crippen LogP contribution in [0.25, 0.3) is 16.8 Å². The Morgan fingerprint density at radius 3 is 2.53 bits per heavy atom. The molecule has 0 atom stereocenters. The van der Waals surface area contributed by atoms with Crippen LogP contribution in [0, 0.1) is 0 Å². The summed E-state index contributed by atoms with van der Waals surface area (Å²) in [4.78, 5) is 0. The van der Waals surface area contributed by atoms with Crippen LogP contribution in [0.4, 0.5) is 0 Å². The Balaban J connectivity index is 2.77. The first-order valence-electron chi connectivity index (χ1n) is 4.43. The number of nitrogens with zero attached hydrogens (tertiary/aromatic N) is 2. The van der Waals surface area contributed by atoms with Crippen LogP contribution in [-0.4, -0.2) is 10.2 Å². The van der Waals surface area contributed by atoms with Crippen molar-refractivity contribution in [2.24, 2.45) is 0 Å². The van der Waals surface area contributed by atoms with Gasteiger partial charge in [-0.25, -0.2) is 0 Å². The van der Waals surface area contributed by atoms with Gasteiger partial charge in [-0.2, -0.15) is 0 Å². The molecule has 0 spiro atoms. The van der Waals surface area contributed by atoms with Gasteiger partial charge >= 0.3 is 0 Å². The van der Waals surface area contributed by atoms with Gasteiger partial charge in [0.2, 0.25) is 0 Å². The van der Waals surface area contributed by atoms with Gasteiger partial charge in [0, 0.05) is 15.8 Å². The highest BCUT2D eigenvalue weighted by molar-refractivity contribution is 6.34. The Morgan fingerprint density at radius 2 is 1.87 bits per heavy atom. The van der Waals surface area contributed by atoms with Crippen LogP contribution in [0.5, 0.6) is 0 Å². The fourth-order valence-electron chi connectivity index (χ4n) is 1.39. The minimum absolute atomic E-state index is 0.412. The molecule has 1 aromatic carbocycles. The van der Waals surface area contributed by atoms with E-state index in [2.05, 4.69) is 10.2 Å². The third-order valence-electron chi connectivity index (χ3n) is 2.01.